The number of carbonyl (C=O) groups excluding carboxylic acids is 1. The second-order valence-corrected chi connectivity index (χ2v) is 6.11. The molecule has 4 nitrogen and oxygen atoms in total. The Morgan fingerprint density at radius 1 is 1.16 bits per heavy atom. The van der Waals surface area contributed by atoms with Gasteiger partial charge in [0.25, 0.3) is 5.91 Å². The number of methoxy groups -OCH3 is 1. The maximum absolute atomic E-state index is 12.3. The number of aryl methyl sites for hydroxylation is 1. The molecule has 5 heteroatoms. The van der Waals surface area contributed by atoms with E-state index in [1.807, 2.05) is 31.2 Å². The molecule has 0 aliphatic rings. The van der Waals surface area contributed by atoms with Crippen molar-refractivity contribution in [2.75, 3.05) is 13.7 Å². The van der Waals surface area contributed by atoms with Gasteiger partial charge in [0, 0.05) is 11.6 Å². The molecule has 0 spiro atoms. The van der Waals surface area contributed by atoms with Crippen LogP contribution in [0.1, 0.15) is 25.3 Å². The fraction of sp³-hybridized carbons (Fsp3) is 0.350. The van der Waals surface area contributed by atoms with E-state index in [4.69, 9.17) is 21.1 Å². The van der Waals surface area contributed by atoms with Crippen molar-refractivity contribution in [1.82, 2.24) is 5.32 Å². The first kappa shape index (κ1) is 19.1. The van der Waals surface area contributed by atoms with E-state index < -0.39 is 6.10 Å². The van der Waals surface area contributed by atoms with Gasteiger partial charge in [0.1, 0.15) is 11.5 Å². The highest BCUT2D eigenvalue weighted by molar-refractivity contribution is 6.30. The lowest BCUT2D eigenvalue weighted by Gasteiger charge is -2.17. The van der Waals surface area contributed by atoms with Crippen molar-refractivity contribution in [2.24, 2.45) is 0 Å². The molecular formula is C20H24ClNO3. The Morgan fingerprint density at radius 3 is 2.56 bits per heavy atom. The molecule has 0 heterocycles. The lowest BCUT2D eigenvalue weighted by atomic mass is 10.1. The van der Waals surface area contributed by atoms with Crippen LogP contribution in [0.4, 0.5) is 0 Å². The number of amides is 1. The van der Waals surface area contributed by atoms with E-state index >= 15 is 0 Å². The second kappa shape index (κ2) is 9.94. The van der Waals surface area contributed by atoms with Gasteiger partial charge in [0.05, 0.1) is 7.11 Å². The molecule has 2 rings (SSSR count). The molecule has 0 unspecified atom stereocenters. The largest absolute Gasteiger partial charge is 0.496 e. The summed E-state index contributed by atoms with van der Waals surface area (Å²) in [7, 11) is 1.67. The monoisotopic (exact) mass is 361 g/mol. The zero-order chi connectivity index (χ0) is 18.1. The van der Waals surface area contributed by atoms with Crippen LogP contribution in [0.5, 0.6) is 11.5 Å². The van der Waals surface area contributed by atoms with E-state index in [0.717, 1.165) is 24.2 Å². The molecular weight excluding hydrogens is 338 g/mol. The van der Waals surface area contributed by atoms with Crippen LogP contribution in [-0.2, 0) is 11.2 Å². The van der Waals surface area contributed by atoms with E-state index in [-0.39, 0.29) is 5.91 Å². The molecule has 25 heavy (non-hydrogen) atoms. The van der Waals surface area contributed by atoms with E-state index in [2.05, 4.69) is 5.32 Å². The van der Waals surface area contributed by atoms with E-state index in [1.165, 1.54) is 0 Å². The first-order valence-corrected chi connectivity index (χ1v) is 8.83. The van der Waals surface area contributed by atoms with E-state index in [0.29, 0.717) is 23.7 Å². The van der Waals surface area contributed by atoms with Crippen LogP contribution >= 0.6 is 11.6 Å². The molecule has 0 radical (unpaired) electrons. The first-order valence-electron chi connectivity index (χ1n) is 8.46. The Balaban J connectivity index is 1.78. The standard InChI is InChI=1S/C20H24ClNO3/c1-3-18(25-17-12-10-16(21)11-13-17)20(23)22-14-6-8-15-7-4-5-9-19(15)24-2/h4-5,7,9-13,18H,3,6,8,14H2,1-2H3,(H,22,23)/t18-/m0/s1. The molecule has 1 N–H and O–H groups in total. The molecule has 0 saturated carbocycles. The number of carbonyl (C=O) groups is 1. The third kappa shape index (κ3) is 5.98. The molecule has 2 aromatic rings. The van der Waals surface area contributed by atoms with Gasteiger partial charge in [-0.3, -0.25) is 4.79 Å². The average Bonchev–Trinajstić information content (AvgIpc) is 2.64. The van der Waals surface area contributed by atoms with Crippen molar-refractivity contribution in [2.45, 2.75) is 32.3 Å². The minimum absolute atomic E-state index is 0.0996. The summed E-state index contributed by atoms with van der Waals surface area (Å²) in [6.07, 6.45) is 1.77. The van der Waals surface area contributed by atoms with Gasteiger partial charge in [0.2, 0.25) is 0 Å². The summed E-state index contributed by atoms with van der Waals surface area (Å²) in [4.78, 5) is 12.3. The van der Waals surface area contributed by atoms with Gasteiger partial charge in [0.15, 0.2) is 6.10 Å². The lowest BCUT2D eigenvalue weighted by Crippen LogP contribution is -2.38. The van der Waals surface area contributed by atoms with Crippen molar-refractivity contribution in [3.8, 4) is 11.5 Å². The fourth-order valence-electron chi connectivity index (χ4n) is 2.51. The maximum atomic E-state index is 12.3. The van der Waals surface area contributed by atoms with Gasteiger partial charge in [-0.25, -0.2) is 0 Å². The normalized spacial score (nSPS) is 11.6. The molecule has 0 saturated heterocycles. The molecule has 0 fully saturated rings. The quantitative estimate of drug-likeness (QED) is 0.679. The molecule has 0 aliphatic heterocycles. The van der Waals surface area contributed by atoms with E-state index in [1.54, 1.807) is 31.4 Å². The number of para-hydroxylation sites is 1. The topological polar surface area (TPSA) is 47.6 Å². The highest BCUT2D eigenvalue weighted by Crippen LogP contribution is 2.19. The van der Waals surface area contributed by atoms with Crippen molar-refractivity contribution >= 4 is 17.5 Å². The van der Waals surface area contributed by atoms with E-state index in [9.17, 15) is 4.79 Å². The van der Waals surface area contributed by atoms with Crippen LogP contribution in [0, 0.1) is 0 Å². The number of benzene rings is 2. The Bertz CT molecular complexity index is 673. The molecule has 1 atom stereocenters. The lowest BCUT2D eigenvalue weighted by molar-refractivity contribution is -0.128. The number of hydrogen-bond acceptors (Lipinski definition) is 3. The van der Waals surface area contributed by atoms with Gasteiger partial charge in [-0.05, 0) is 55.2 Å². The minimum atomic E-state index is -0.507. The summed E-state index contributed by atoms with van der Waals surface area (Å²) in [5, 5.41) is 3.58. The number of halogens is 1. The van der Waals surface area contributed by atoms with Crippen LogP contribution in [-0.4, -0.2) is 25.7 Å². The number of ether oxygens (including phenoxy) is 2. The summed E-state index contributed by atoms with van der Waals surface area (Å²) < 4.78 is 11.1. The summed E-state index contributed by atoms with van der Waals surface area (Å²) in [6, 6.07) is 14.9. The Labute approximate surface area is 154 Å². The average molecular weight is 362 g/mol. The summed E-state index contributed by atoms with van der Waals surface area (Å²) >= 11 is 5.86. The van der Waals surface area contributed by atoms with Crippen LogP contribution < -0.4 is 14.8 Å². The fourth-order valence-corrected chi connectivity index (χ4v) is 2.64. The SMILES string of the molecule is CC[C@H](Oc1ccc(Cl)cc1)C(=O)NCCCc1ccccc1OC. The number of rotatable bonds is 9. The molecule has 134 valence electrons. The van der Waals surface area contributed by atoms with Crippen LogP contribution in [0.2, 0.25) is 5.02 Å². The Kier molecular flexibility index (Phi) is 7.61. The predicted octanol–water partition coefficient (Wildman–Crippen LogP) is 4.26. The smallest absolute Gasteiger partial charge is 0.261 e. The summed E-state index contributed by atoms with van der Waals surface area (Å²) in [6.45, 7) is 2.52. The number of nitrogens with one attached hydrogen (secondary N) is 1. The zero-order valence-electron chi connectivity index (χ0n) is 14.6. The highest BCUT2D eigenvalue weighted by atomic mass is 35.5. The van der Waals surface area contributed by atoms with Gasteiger partial charge >= 0.3 is 0 Å². The maximum Gasteiger partial charge on any atom is 0.261 e. The molecule has 0 aliphatic carbocycles. The number of hydrogen-bond donors (Lipinski definition) is 1. The summed E-state index contributed by atoms with van der Waals surface area (Å²) in [5.41, 5.74) is 1.14. The van der Waals surface area contributed by atoms with Crippen LogP contribution in [0.25, 0.3) is 0 Å². The van der Waals surface area contributed by atoms with Crippen molar-refractivity contribution in [1.29, 1.82) is 0 Å². The third-order valence-corrected chi connectivity index (χ3v) is 4.12. The Hall–Kier alpha value is -2.20. The second-order valence-electron chi connectivity index (χ2n) is 5.68. The van der Waals surface area contributed by atoms with Crippen molar-refractivity contribution in [3.63, 3.8) is 0 Å². The predicted molar refractivity (Wildman–Crippen MR) is 100 cm³/mol. The first-order chi connectivity index (χ1) is 12.1. The molecule has 0 bridgehead atoms. The van der Waals surface area contributed by atoms with Gasteiger partial charge in [-0.2, -0.15) is 0 Å². The van der Waals surface area contributed by atoms with Crippen molar-refractivity contribution < 1.29 is 14.3 Å². The molecule has 2 aromatic carbocycles. The van der Waals surface area contributed by atoms with Gasteiger partial charge < -0.3 is 14.8 Å². The molecule has 0 aromatic heterocycles. The highest BCUT2D eigenvalue weighted by Gasteiger charge is 2.17. The van der Waals surface area contributed by atoms with Crippen LogP contribution in [0.3, 0.4) is 0 Å². The van der Waals surface area contributed by atoms with Gasteiger partial charge in [-0.1, -0.05) is 36.7 Å². The zero-order valence-corrected chi connectivity index (χ0v) is 15.4. The third-order valence-electron chi connectivity index (χ3n) is 3.87. The molecule has 1 amide bonds. The van der Waals surface area contributed by atoms with Gasteiger partial charge in [-0.15, -0.1) is 0 Å². The summed E-state index contributed by atoms with van der Waals surface area (Å²) in [5.74, 6) is 1.42. The Morgan fingerprint density at radius 2 is 1.88 bits per heavy atom. The van der Waals surface area contributed by atoms with Crippen LogP contribution in [0.15, 0.2) is 48.5 Å². The minimum Gasteiger partial charge on any atom is -0.496 e. The van der Waals surface area contributed by atoms with Crippen molar-refractivity contribution in [3.05, 3.63) is 59.1 Å².